The molecular formula is C14H15NO3. The summed E-state index contributed by atoms with van der Waals surface area (Å²) in [4.78, 5) is 16.6. The van der Waals surface area contributed by atoms with E-state index in [1.165, 1.54) is 0 Å². The van der Waals surface area contributed by atoms with Gasteiger partial charge in [-0.3, -0.25) is 4.84 Å². The van der Waals surface area contributed by atoms with Crippen LogP contribution in [0.5, 0.6) is 0 Å². The van der Waals surface area contributed by atoms with Crippen molar-refractivity contribution < 1.29 is 14.7 Å². The topological polar surface area (TPSA) is 49.8 Å². The third kappa shape index (κ3) is 2.17. The maximum atomic E-state index is 10.8. The zero-order valence-electron chi connectivity index (χ0n) is 9.95. The molecule has 2 atom stereocenters. The van der Waals surface area contributed by atoms with Crippen LogP contribution in [-0.4, -0.2) is 28.3 Å². The fourth-order valence-electron chi connectivity index (χ4n) is 2.45. The van der Waals surface area contributed by atoms with Gasteiger partial charge in [0.2, 0.25) is 0 Å². The zero-order chi connectivity index (χ0) is 12.5. The van der Waals surface area contributed by atoms with E-state index in [4.69, 9.17) is 9.94 Å². The molecule has 0 amide bonds. The van der Waals surface area contributed by atoms with E-state index < -0.39 is 5.97 Å². The normalized spacial score (nSPS) is 26.4. The fraction of sp³-hybridized carbons (Fsp3) is 0.357. The van der Waals surface area contributed by atoms with Gasteiger partial charge in [-0.1, -0.05) is 24.3 Å². The summed E-state index contributed by atoms with van der Waals surface area (Å²) in [6.45, 7) is 0.700. The summed E-state index contributed by atoms with van der Waals surface area (Å²) in [5, 5.41) is 10.8. The molecule has 1 aliphatic carbocycles. The first-order valence-corrected chi connectivity index (χ1v) is 6.16. The number of carboxylic acids is 1. The second kappa shape index (κ2) is 4.55. The Balaban J connectivity index is 1.70. The molecule has 0 aromatic heterocycles. The quantitative estimate of drug-likeness (QED) is 0.829. The molecule has 2 heterocycles. The Bertz CT molecular complexity index is 480. The Hall–Kier alpha value is -1.65. The minimum absolute atomic E-state index is 0.216. The molecule has 4 nitrogen and oxygen atoms in total. The first-order valence-electron chi connectivity index (χ1n) is 6.16. The number of nitrogens with zero attached hydrogens (tertiary/aromatic N) is 1. The van der Waals surface area contributed by atoms with E-state index in [1.54, 1.807) is 12.1 Å². The van der Waals surface area contributed by atoms with Crippen molar-refractivity contribution in [3.05, 3.63) is 47.5 Å². The first-order chi connectivity index (χ1) is 8.72. The largest absolute Gasteiger partial charge is 0.478 e. The number of aromatic carboxylic acids is 1. The van der Waals surface area contributed by atoms with E-state index in [-0.39, 0.29) is 6.10 Å². The number of rotatable bonds is 3. The van der Waals surface area contributed by atoms with Gasteiger partial charge in [-0.2, -0.15) is 5.06 Å². The van der Waals surface area contributed by atoms with Gasteiger partial charge in [0, 0.05) is 6.54 Å². The van der Waals surface area contributed by atoms with Gasteiger partial charge in [0.15, 0.2) is 0 Å². The van der Waals surface area contributed by atoms with E-state index in [2.05, 4.69) is 12.2 Å². The second-order valence-corrected chi connectivity index (χ2v) is 4.75. The average molecular weight is 245 g/mol. The van der Waals surface area contributed by atoms with Crippen LogP contribution in [0.25, 0.3) is 0 Å². The van der Waals surface area contributed by atoms with Gasteiger partial charge in [-0.15, -0.1) is 0 Å². The molecule has 3 aliphatic rings. The SMILES string of the molecule is O=C(O)c1ccc(CN2O[C@H]3C=C[C@@H]2CC3)cc1. The van der Waals surface area contributed by atoms with Gasteiger partial charge in [0.25, 0.3) is 0 Å². The van der Waals surface area contributed by atoms with E-state index in [0.717, 1.165) is 18.4 Å². The third-order valence-corrected chi connectivity index (χ3v) is 3.47. The van der Waals surface area contributed by atoms with Crippen molar-refractivity contribution in [1.29, 1.82) is 0 Å². The van der Waals surface area contributed by atoms with Crippen molar-refractivity contribution in [2.75, 3.05) is 0 Å². The summed E-state index contributed by atoms with van der Waals surface area (Å²) < 4.78 is 0. The maximum absolute atomic E-state index is 10.8. The molecule has 4 rings (SSSR count). The summed E-state index contributed by atoms with van der Waals surface area (Å²) in [6, 6.07) is 7.32. The predicted octanol–water partition coefficient (Wildman–Crippen LogP) is 2.22. The third-order valence-electron chi connectivity index (χ3n) is 3.47. The van der Waals surface area contributed by atoms with Crippen LogP contribution in [0.15, 0.2) is 36.4 Å². The van der Waals surface area contributed by atoms with Gasteiger partial charge in [-0.05, 0) is 30.5 Å². The molecule has 1 N–H and O–H groups in total. The molecule has 0 unspecified atom stereocenters. The highest BCUT2D eigenvalue weighted by molar-refractivity contribution is 5.87. The lowest BCUT2D eigenvalue weighted by Gasteiger charge is -2.40. The van der Waals surface area contributed by atoms with E-state index >= 15 is 0 Å². The van der Waals surface area contributed by atoms with E-state index in [9.17, 15) is 4.79 Å². The number of carbonyl (C=O) groups is 1. The van der Waals surface area contributed by atoms with Crippen molar-refractivity contribution in [3.8, 4) is 0 Å². The van der Waals surface area contributed by atoms with Crippen molar-refractivity contribution in [3.63, 3.8) is 0 Å². The molecule has 0 spiro atoms. The second-order valence-electron chi connectivity index (χ2n) is 4.75. The highest BCUT2D eigenvalue weighted by Gasteiger charge is 2.30. The van der Waals surface area contributed by atoms with Gasteiger partial charge in [0.05, 0.1) is 17.7 Å². The molecule has 1 aromatic rings. The molecule has 0 saturated carbocycles. The molecular weight excluding hydrogens is 230 g/mol. The van der Waals surface area contributed by atoms with Crippen molar-refractivity contribution >= 4 is 5.97 Å². The van der Waals surface area contributed by atoms with Crippen molar-refractivity contribution in [2.24, 2.45) is 0 Å². The monoisotopic (exact) mass is 245 g/mol. The molecule has 94 valence electrons. The number of hydroxylamine groups is 2. The van der Waals surface area contributed by atoms with Crippen LogP contribution in [0.1, 0.15) is 28.8 Å². The smallest absolute Gasteiger partial charge is 0.335 e. The lowest BCUT2D eigenvalue weighted by molar-refractivity contribution is -0.240. The molecule has 1 fully saturated rings. The minimum Gasteiger partial charge on any atom is -0.478 e. The van der Waals surface area contributed by atoms with Crippen LogP contribution in [0.3, 0.4) is 0 Å². The average Bonchev–Trinajstić information content (AvgIpc) is 2.41. The molecule has 0 radical (unpaired) electrons. The Labute approximate surface area is 105 Å². The lowest BCUT2D eigenvalue weighted by Crippen LogP contribution is -2.44. The fourth-order valence-corrected chi connectivity index (χ4v) is 2.45. The van der Waals surface area contributed by atoms with Gasteiger partial charge >= 0.3 is 5.97 Å². The zero-order valence-corrected chi connectivity index (χ0v) is 9.95. The van der Waals surface area contributed by atoms with Crippen LogP contribution < -0.4 is 0 Å². The molecule has 1 saturated heterocycles. The Morgan fingerprint density at radius 3 is 2.56 bits per heavy atom. The van der Waals surface area contributed by atoms with Crippen LogP contribution in [0.4, 0.5) is 0 Å². The van der Waals surface area contributed by atoms with Gasteiger partial charge in [0.1, 0.15) is 0 Å². The number of hydrogen-bond donors (Lipinski definition) is 1. The summed E-state index contributed by atoms with van der Waals surface area (Å²) in [7, 11) is 0. The highest BCUT2D eigenvalue weighted by atomic mass is 16.7. The van der Waals surface area contributed by atoms with Gasteiger partial charge in [-0.25, -0.2) is 4.79 Å². The molecule has 4 heteroatoms. The standard InChI is InChI=1S/C14H15NO3/c16-14(17)11-3-1-10(2-4-11)9-15-12-5-7-13(18-15)8-6-12/h1-5,7,12-13H,6,8-9H2,(H,16,17)/t12-,13+/m1/s1. The van der Waals surface area contributed by atoms with E-state index in [1.807, 2.05) is 17.2 Å². The minimum atomic E-state index is -0.891. The molecule has 2 aliphatic heterocycles. The summed E-state index contributed by atoms with van der Waals surface area (Å²) >= 11 is 0. The van der Waals surface area contributed by atoms with E-state index in [0.29, 0.717) is 18.2 Å². The lowest BCUT2D eigenvalue weighted by atomic mass is 9.98. The molecule has 1 aromatic carbocycles. The Morgan fingerprint density at radius 1 is 1.28 bits per heavy atom. The summed E-state index contributed by atoms with van der Waals surface area (Å²) in [5.41, 5.74) is 1.39. The number of carboxylic acid groups (broad SMARTS) is 1. The number of hydrogen-bond acceptors (Lipinski definition) is 3. The van der Waals surface area contributed by atoms with Crippen molar-refractivity contribution in [2.45, 2.75) is 31.5 Å². The van der Waals surface area contributed by atoms with Crippen LogP contribution in [0.2, 0.25) is 0 Å². The van der Waals surface area contributed by atoms with Gasteiger partial charge < -0.3 is 5.11 Å². The Morgan fingerprint density at radius 2 is 2.06 bits per heavy atom. The molecule has 18 heavy (non-hydrogen) atoms. The maximum Gasteiger partial charge on any atom is 0.335 e. The molecule has 2 bridgehead atoms. The van der Waals surface area contributed by atoms with Crippen molar-refractivity contribution in [1.82, 2.24) is 5.06 Å². The van der Waals surface area contributed by atoms with Crippen LogP contribution in [-0.2, 0) is 11.4 Å². The predicted molar refractivity (Wildman–Crippen MR) is 66.0 cm³/mol. The summed E-state index contributed by atoms with van der Waals surface area (Å²) in [6.07, 6.45) is 6.76. The van der Waals surface area contributed by atoms with Crippen LogP contribution in [0, 0.1) is 0 Å². The number of fused-ring (bicyclic) bond motifs is 2. The Kier molecular flexibility index (Phi) is 2.89. The number of benzene rings is 1. The summed E-state index contributed by atoms with van der Waals surface area (Å²) in [5.74, 6) is -0.891. The van der Waals surface area contributed by atoms with Crippen LogP contribution >= 0.6 is 0 Å². The first kappa shape index (κ1) is 11.4. The highest BCUT2D eigenvalue weighted by Crippen LogP contribution is 2.28.